The maximum absolute atomic E-state index is 12.1. The number of hydrogen-bond donors (Lipinski definition) is 4. The molecule has 0 radical (unpaired) electrons. The van der Waals surface area contributed by atoms with Gasteiger partial charge in [0, 0.05) is 19.0 Å². The van der Waals surface area contributed by atoms with E-state index in [-0.39, 0.29) is 17.9 Å². The monoisotopic (exact) mass is 301 g/mol. The number of carbonyl (C=O) groups excluding carboxylic acids is 2. The summed E-state index contributed by atoms with van der Waals surface area (Å²) in [6.45, 7) is 1.40. The minimum atomic E-state index is -0.716. The summed E-state index contributed by atoms with van der Waals surface area (Å²) in [5.41, 5.74) is 1.24. The van der Waals surface area contributed by atoms with Crippen LogP contribution in [0, 0.1) is 0 Å². The molecule has 22 heavy (non-hydrogen) atoms. The molecule has 0 atom stereocenters. The molecule has 4 N–H and O–H groups in total. The second-order valence-corrected chi connectivity index (χ2v) is 4.81. The number of anilines is 1. The van der Waals surface area contributed by atoms with Gasteiger partial charge in [-0.25, -0.2) is 0 Å². The fourth-order valence-corrected chi connectivity index (χ4v) is 1.98. The molecule has 0 aliphatic rings. The number of Topliss-reactive ketones (excluding diaryl/α,β-unsaturated/α-hetero) is 1. The highest BCUT2D eigenvalue weighted by molar-refractivity contribution is 6.01. The fourth-order valence-electron chi connectivity index (χ4n) is 1.98. The first-order valence-corrected chi connectivity index (χ1v) is 6.52. The first kappa shape index (κ1) is 15.4. The Kier molecular flexibility index (Phi) is 4.31. The summed E-state index contributed by atoms with van der Waals surface area (Å²) in [4.78, 5) is 23.1. The van der Waals surface area contributed by atoms with Crippen molar-refractivity contribution in [3.8, 4) is 17.2 Å². The maximum atomic E-state index is 12.1. The van der Waals surface area contributed by atoms with Gasteiger partial charge >= 0.3 is 0 Å². The Morgan fingerprint density at radius 3 is 2.18 bits per heavy atom. The predicted molar refractivity (Wildman–Crippen MR) is 80.2 cm³/mol. The van der Waals surface area contributed by atoms with Crippen LogP contribution in [0.1, 0.15) is 22.8 Å². The maximum Gasteiger partial charge on any atom is 0.221 e. The Labute approximate surface area is 126 Å². The minimum absolute atomic E-state index is 0.0120. The van der Waals surface area contributed by atoms with Crippen LogP contribution in [0.5, 0.6) is 17.2 Å². The van der Waals surface area contributed by atoms with Crippen LogP contribution >= 0.6 is 0 Å². The highest BCUT2D eigenvalue weighted by Crippen LogP contribution is 2.37. The molecule has 0 saturated carbocycles. The number of amides is 1. The Balaban J connectivity index is 2.15. The van der Waals surface area contributed by atoms with E-state index in [1.165, 1.54) is 13.0 Å². The van der Waals surface area contributed by atoms with E-state index in [0.717, 1.165) is 6.07 Å². The number of benzene rings is 2. The van der Waals surface area contributed by atoms with Crippen molar-refractivity contribution in [1.29, 1.82) is 0 Å². The van der Waals surface area contributed by atoms with E-state index in [0.29, 0.717) is 11.3 Å². The lowest BCUT2D eigenvalue weighted by Crippen LogP contribution is -2.06. The quantitative estimate of drug-likeness (QED) is 0.511. The Hall–Kier alpha value is -3.02. The van der Waals surface area contributed by atoms with Gasteiger partial charge in [-0.3, -0.25) is 9.59 Å². The third-order valence-corrected chi connectivity index (χ3v) is 3.07. The zero-order valence-electron chi connectivity index (χ0n) is 11.8. The topological polar surface area (TPSA) is 107 Å². The Bertz CT molecular complexity index is 722. The van der Waals surface area contributed by atoms with Gasteiger partial charge in [0.15, 0.2) is 17.3 Å². The average Bonchev–Trinajstić information content (AvgIpc) is 2.46. The van der Waals surface area contributed by atoms with Crippen LogP contribution < -0.4 is 5.32 Å². The van der Waals surface area contributed by atoms with Crippen molar-refractivity contribution in [3.63, 3.8) is 0 Å². The average molecular weight is 301 g/mol. The van der Waals surface area contributed by atoms with Gasteiger partial charge in [-0.1, -0.05) is 12.1 Å². The summed E-state index contributed by atoms with van der Waals surface area (Å²) in [5, 5.41) is 31.0. The van der Waals surface area contributed by atoms with Gasteiger partial charge in [-0.2, -0.15) is 0 Å². The van der Waals surface area contributed by atoms with E-state index in [4.69, 9.17) is 0 Å². The van der Waals surface area contributed by atoms with Crippen molar-refractivity contribution in [2.24, 2.45) is 0 Å². The van der Waals surface area contributed by atoms with Gasteiger partial charge in [0.2, 0.25) is 11.7 Å². The summed E-state index contributed by atoms with van der Waals surface area (Å²) >= 11 is 0. The Morgan fingerprint density at radius 1 is 0.955 bits per heavy atom. The molecule has 0 unspecified atom stereocenters. The number of phenols is 3. The first-order valence-electron chi connectivity index (χ1n) is 6.52. The number of hydrogen-bond acceptors (Lipinski definition) is 5. The molecule has 114 valence electrons. The normalized spacial score (nSPS) is 10.2. The van der Waals surface area contributed by atoms with Crippen molar-refractivity contribution in [2.45, 2.75) is 13.3 Å². The minimum Gasteiger partial charge on any atom is -0.504 e. The van der Waals surface area contributed by atoms with E-state index in [2.05, 4.69) is 5.32 Å². The lowest BCUT2D eigenvalue weighted by molar-refractivity contribution is -0.114. The van der Waals surface area contributed by atoms with Crippen LogP contribution in [0.4, 0.5) is 5.69 Å². The molecule has 2 rings (SSSR count). The van der Waals surface area contributed by atoms with E-state index in [1.807, 2.05) is 0 Å². The molecule has 0 bridgehead atoms. The molecule has 2 aromatic carbocycles. The van der Waals surface area contributed by atoms with E-state index < -0.39 is 23.0 Å². The molecule has 0 heterocycles. The van der Waals surface area contributed by atoms with Crippen molar-refractivity contribution in [1.82, 2.24) is 0 Å². The predicted octanol–water partition coefficient (Wildman–Crippen LogP) is 2.19. The summed E-state index contributed by atoms with van der Waals surface area (Å²) in [6.07, 6.45) is 0.0120. The van der Waals surface area contributed by atoms with Crippen LogP contribution in [0.25, 0.3) is 0 Å². The summed E-state index contributed by atoms with van der Waals surface area (Å²) in [7, 11) is 0. The SMILES string of the molecule is CC(=O)Nc1ccc(CC(=O)c2ccc(O)c(O)c2O)cc1. The number of ketones is 1. The smallest absolute Gasteiger partial charge is 0.221 e. The third-order valence-electron chi connectivity index (χ3n) is 3.07. The van der Waals surface area contributed by atoms with Crippen molar-refractivity contribution >= 4 is 17.4 Å². The third kappa shape index (κ3) is 3.35. The van der Waals surface area contributed by atoms with Crippen molar-refractivity contribution in [3.05, 3.63) is 47.5 Å². The molecule has 0 saturated heterocycles. The van der Waals surface area contributed by atoms with E-state index in [1.54, 1.807) is 24.3 Å². The zero-order chi connectivity index (χ0) is 16.3. The summed E-state index contributed by atoms with van der Waals surface area (Å²) < 4.78 is 0. The zero-order valence-corrected chi connectivity index (χ0v) is 11.8. The molecule has 6 nitrogen and oxygen atoms in total. The lowest BCUT2D eigenvalue weighted by atomic mass is 10.0. The van der Waals surface area contributed by atoms with E-state index in [9.17, 15) is 24.9 Å². The van der Waals surface area contributed by atoms with Gasteiger partial charge < -0.3 is 20.6 Å². The number of carbonyl (C=O) groups is 2. The molecular weight excluding hydrogens is 286 g/mol. The number of phenolic OH excluding ortho intramolecular Hbond substituents is 3. The second-order valence-electron chi connectivity index (χ2n) is 4.81. The second kappa shape index (κ2) is 6.17. The Morgan fingerprint density at radius 2 is 1.59 bits per heavy atom. The number of nitrogens with one attached hydrogen (secondary N) is 1. The van der Waals surface area contributed by atoms with Crippen molar-refractivity contribution < 1.29 is 24.9 Å². The number of rotatable bonds is 4. The molecule has 2 aromatic rings. The standard InChI is InChI=1S/C16H15NO5/c1-9(18)17-11-4-2-10(3-5-11)8-14(20)12-6-7-13(19)16(22)15(12)21/h2-7,19,21-22H,8H2,1H3,(H,17,18). The molecule has 0 aliphatic heterocycles. The van der Waals surface area contributed by atoms with E-state index >= 15 is 0 Å². The van der Waals surface area contributed by atoms with Crippen LogP contribution in [-0.2, 0) is 11.2 Å². The molecule has 1 amide bonds. The van der Waals surface area contributed by atoms with Crippen molar-refractivity contribution in [2.75, 3.05) is 5.32 Å². The highest BCUT2D eigenvalue weighted by Gasteiger charge is 2.17. The first-order chi connectivity index (χ1) is 10.4. The van der Waals surface area contributed by atoms with Gasteiger partial charge in [-0.05, 0) is 29.8 Å². The summed E-state index contributed by atoms with van der Waals surface area (Å²) in [6, 6.07) is 9.08. The van der Waals surface area contributed by atoms with Gasteiger partial charge in [0.25, 0.3) is 0 Å². The molecule has 0 aliphatic carbocycles. The molecule has 0 spiro atoms. The summed E-state index contributed by atoms with van der Waals surface area (Å²) in [5.74, 6) is -2.44. The molecule has 0 aromatic heterocycles. The fraction of sp³-hybridized carbons (Fsp3) is 0.125. The van der Waals surface area contributed by atoms with Gasteiger partial charge in [0.1, 0.15) is 0 Å². The van der Waals surface area contributed by atoms with Crippen LogP contribution in [0.15, 0.2) is 36.4 Å². The molecular formula is C16H15NO5. The van der Waals surface area contributed by atoms with Crippen LogP contribution in [-0.4, -0.2) is 27.0 Å². The number of aromatic hydroxyl groups is 3. The molecule has 6 heteroatoms. The lowest BCUT2D eigenvalue weighted by Gasteiger charge is -2.08. The molecule has 0 fully saturated rings. The largest absolute Gasteiger partial charge is 0.504 e. The van der Waals surface area contributed by atoms with Gasteiger partial charge in [0.05, 0.1) is 5.56 Å². The van der Waals surface area contributed by atoms with Crippen LogP contribution in [0.2, 0.25) is 0 Å². The van der Waals surface area contributed by atoms with Gasteiger partial charge in [-0.15, -0.1) is 0 Å². The highest BCUT2D eigenvalue weighted by atomic mass is 16.3. The van der Waals surface area contributed by atoms with Crippen LogP contribution in [0.3, 0.4) is 0 Å².